The number of aliphatic carboxylic acids is 1. The lowest BCUT2D eigenvalue weighted by molar-refractivity contribution is -0.896. The third kappa shape index (κ3) is 1.88. The molecule has 0 unspecified atom stereocenters. The third-order valence-electron chi connectivity index (χ3n) is 8.08. The van der Waals surface area contributed by atoms with Crippen molar-refractivity contribution in [3.63, 3.8) is 0 Å². The van der Waals surface area contributed by atoms with E-state index < -0.39 is 5.97 Å². The van der Waals surface area contributed by atoms with Gasteiger partial charge in [0, 0.05) is 30.5 Å². The average molecular weight is 368 g/mol. The summed E-state index contributed by atoms with van der Waals surface area (Å²) in [6.45, 7) is 1.61. The molecule has 0 amide bonds. The van der Waals surface area contributed by atoms with Crippen LogP contribution in [0.2, 0.25) is 0 Å². The highest BCUT2D eigenvalue weighted by atomic mass is 16.6. The molecule has 1 aromatic rings. The highest BCUT2D eigenvalue weighted by molar-refractivity contribution is 5.68. The van der Waals surface area contributed by atoms with Gasteiger partial charge in [0.25, 0.3) is 0 Å². The maximum Gasteiger partial charge on any atom is 0.305 e. The van der Waals surface area contributed by atoms with E-state index in [1.807, 2.05) is 6.07 Å². The minimum atomic E-state index is -0.814. The summed E-state index contributed by atoms with van der Waals surface area (Å²) in [5.41, 5.74) is 3.38. The fraction of sp³-hybridized carbons (Fsp3) is 0.571. The number of hydrogen-bond acceptors (Lipinski definition) is 4. The average Bonchev–Trinajstić information content (AvgIpc) is 3.08. The lowest BCUT2D eigenvalue weighted by Crippen LogP contribution is -2.68. The first-order chi connectivity index (χ1) is 13.0. The third-order valence-corrected chi connectivity index (χ3v) is 8.08. The summed E-state index contributed by atoms with van der Waals surface area (Å²) < 4.78 is 5.95. The van der Waals surface area contributed by atoms with Crippen LogP contribution in [0.3, 0.4) is 0 Å². The molecule has 27 heavy (non-hydrogen) atoms. The van der Waals surface area contributed by atoms with E-state index in [0.717, 1.165) is 18.5 Å². The van der Waals surface area contributed by atoms with Gasteiger partial charge in [-0.25, -0.2) is 0 Å². The number of carboxylic acid groups (broad SMARTS) is 1. The van der Waals surface area contributed by atoms with Crippen LogP contribution >= 0.6 is 0 Å². The van der Waals surface area contributed by atoms with Crippen LogP contribution < -0.4 is 5.32 Å². The Balaban J connectivity index is 1.55. The number of piperidine rings is 1. The van der Waals surface area contributed by atoms with E-state index in [4.69, 9.17) is 4.74 Å². The van der Waals surface area contributed by atoms with Gasteiger partial charge >= 0.3 is 5.97 Å². The van der Waals surface area contributed by atoms with Gasteiger partial charge in [-0.3, -0.25) is 4.79 Å². The predicted octanol–water partition coefficient (Wildman–Crippen LogP) is 2.25. The monoisotopic (exact) mass is 368 g/mol. The summed E-state index contributed by atoms with van der Waals surface area (Å²) in [7, 11) is 0. The van der Waals surface area contributed by atoms with Gasteiger partial charge in [0.15, 0.2) is 0 Å². The van der Waals surface area contributed by atoms with Gasteiger partial charge in [-0.1, -0.05) is 24.3 Å². The molecule has 6 rings (SSSR count). The Hall–Kier alpha value is -1.89. The number of benzene rings is 1. The van der Waals surface area contributed by atoms with Crippen molar-refractivity contribution in [1.29, 1.82) is 0 Å². The zero-order valence-corrected chi connectivity index (χ0v) is 15.1. The highest BCUT2D eigenvalue weighted by Crippen LogP contribution is 2.64. The van der Waals surface area contributed by atoms with Crippen molar-refractivity contribution in [1.82, 2.24) is 0 Å². The molecule has 1 spiro atoms. The van der Waals surface area contributed by atoms with Crippen LogP contribution in [0.25, 0.3) is 0 Å². The molecule has 2 bridgehead atoms. The van der Waals surface area contributed by atoms with E-state index in [1.54, 1.807) is 0 Å². The maximum absolute atomic E-state index is 13.8. The van der Waals surface area contributed by atoms with Crippen molar-refractivity contribution in [2.45, 2.75) is 42.9 Å². The van der Waals surface area contributed by atoms with Gasteiger partial charge in [-0.2, -0.15) is 0 Å². The van der Waals surface area contributed by atoms with Gasteiger partial charge in [-0.05, 0) is 23.1 Å². The summed E-state index contributed by atoms with van der Waals surface area (Å²) in [6.07, 6.45) is 3.49. The molecular weight excluding hydrogens is 344 g/mol. The lowest BCUT2D eigenvalue weighted by atomic mass is 9.54. The number of quaternary nitrogens is 1. The quantitative estimate of drug-likeness (QED) is 0.475. The van der Waals surface area contributed by atoms with E-state index in [2.05, 4.69) is 29.6 Å². The van der Waals surface area contributed by atoms with E-state index >= 15 is 0 Å². The fourth-order valence-electron chi connectivity index (χ4n) is 7.20. The molecule has 5 aliphatic rings. The van der Waals surface area contributed by atoms with Gasteiger partial charge in [0.1, 0.15) is 12.6 Å². The molecular formula is C21H24N2O4. The molecule has 3 fully saturated rings. The second-order valence-electron chi connectivity index (χ2n) is 8.98. The van der Waals surface area contributed by atoms with Crippen LogP contribution in [0, 0.1) is 17.0 Å². The molecule has 1 saturated carbocycles. The topological polar surface area (TPSA) is 81.6 Å². The Kier molecular flexibility index (Phi) is 3.06. The van der Waals surface area contributed by atoms with Gasteiger partial charge in [-0.15, -0.1) is 0 Å². The molecule has 2 saturated heterocycles. The molecule has 6 heteroatoms. The molecule has 0 aromatic heterocycles. The molecule has 142 valence electrons. The standard InChI is InChI=1S/C21H24N2O4/c24-18(25)10-16-19-13-9-17-21(14-3-1-2-4-15(14)22-20(19)21)6-7-23(17,26)11-12(13)5-8-27-16/h1-5,13,16-17,19-20,22H,6-11H2,(H,24,25)/t13-,16-,17+,19-,20+,21+,23+/m0/s1. The van der Waals surface area contributed by atoms with Gasteiger partial charge < -0.3 is 25.0 Å². The summed E-state index contributed by atoms with van der Waals surface area (Å²) in [5.74, 6) is -0.475. The Labute approximate surface area is 158 Å². The summed E-state index contributed by atoms with van der Waals surface area (Å²) in [6, 6.07) is 8.50. The maximum atomic E-state index is 13.8. The van der Waals surface area contributed by atoms with E-state index in [-0.39, 0.29) is 46.5 Å². The first-order valence-electron chi connectivity index (χ1n) is 9.99. The van der Waals surface area contributed by atoms with Crippen LogP contribution in [-0.4, -0.2) is 53.6 Å². The second kappa shape index (κ2) is 5.13. The molecule has 2 N–H and O–H groups in total. The van der Waals surface area contributed by atoms with E-state index in [0.29, 0.717) is 19.7 Å². The van der Waals surface area contributed by atoms with Crippen molar-refractivity contribution < 1.29 is 19.3 Å². The Morgan fingerprint density at radius 2 is 2.26 bits per heavy atom. The number of rotatable bonds is 2. The first kappa shape index (κ1) is 16.1. The fourth-order valence-corrected chi connectivity index (χ4v) is 7.20. The number of fused-ring (bicyclic) bond motifs is 2. The van der Waals surface area contributed by atoms with Crippen LogP contribution in [0.15, 0.2) is 35.9 Å². The zero-order chi connectivity index (χ0) is 18.4. The number of nitrogens with one attached hydrogen (secondary N) is 1. The van der Waals surface area contributed by atoms with Gasteiger partial charge in [0.05, 0.1) is 31.1 Å². The number of nitrogens with zero attached hydrogens (tertiary/aromatic N) is 1. The van der Waals surface area contributed by atoms with Crippen LogP contribution in [0.1, 0.15) is 24.8 Å². The largest absolute Gasteiger partial charge is 0.632 e. The summed E-state index contributed by atoms with van der Waals surface area (Å²) in [4.78, 5) is 11.6. The van der Waals surface area contributed by atoms with Crippen molar-refractivity contribution >= 4 is 11.7 Å². The number of ether oxygens (including phenoxy) is 1. The first-order valence-corrected chi connectivity index (χ1v) is 9.99. The number of para-hydroxylation sites is 1. The highest BCUT2D eigenvalue weighted by Gasteiger charge is 2.71. The zero-order valence-electron chi connectivity index (χ0n) is 15.1. The van der Waals surface area contributed by atoms with Gasteiger partial charge in [0.2, 0.25) is 0 Å². The number of carbonyl (C=O) groups is 1. The van der Waals surface area contributed by atoms with Crippen LogP contribution in [-0.2, 0) is 14.9 Å². The second-order valence-corrected chi connectivity index (χ2v) is 8.98. The number of carboxylic acids is 1. The minimum absolute atomic E-state index is 0.0228. The van der Waals surface area contributed by atoms with Crippen molar-refractivity contribution in [3.05, 3.63) is 46.7 Å². The Morgan fingerprint density at radius 1 is 1.41 bits per heavy atom. The van der Waals surface area contributed by atoms with Crippen LogP contribution in [0.5, 0.6) is 0 Å². The number of anilines is 1. The SMILES string of the molecule is O=C(O)C[C@@H]1OCC=C2C[N@+]3([O-])CC[C@]45c6ccccc6N[C@@H]4[C@H]1[C@H]2C[C@H]53. The van der Waals surface area contributed by atoms with Crippen molar-refractivity contribution in [2.75, 3.05) is 25.0 Å². The smallest absolute Gasteiger partial charge is 0.305 e. The molecule has 4 aliphatic heterocycles. The Morgan fingerprint density at radius 3 is 3.11 bits per heavy atom. The van der Waals surface area contributed by atoms with E-state index in [1.165, 1.54) is 11.1 Å². The number of hydrogen-bond donors (Lipinski definition) is 2. The summed E-state index contributed by atoms with van der Waals surface area (Å²) in [5, 5.41) is 27.1. The normalized spacial score (nSPS) is 46.0. The van der Waals surface area contributed by atoms with Crippen molar-refractivity contribution in [2.24, 2.45) is 11.8 Å². The molecule has 1 aliphatic carbocycles. The van der Waals surface area contributed by atoms with E-state index in [9.17, 15) is 15.1 Å². The number of hydroxylamine groups is 3. The minimum Gasteiger partial charge on any atom is -0.632 e. The molecule has 7 atom stereocenters. The molecule has 6 nitrogen and oxygen atoms in total. The lowest BCUT2D eigenvalue weighted by Gasteiger charge is -2.60. The molecule has 0 radical (unpaired) electrons. The molecule has 4 heterocycles. The Bertz CT molecular complexity index is 869. The van der Waals surface area contributed by atoms with Crippen LogP contribution in [0.4, 0.5) is 5.69 Å². The predicted molar refractivity (Wildman–Crippen MR) is 99.0 cm³/mol. The molecule has 1 aromatic carbocycles. The summed E-state index contributed by atoms with van der Waals surface area (Å²) >= 11 is 0. The van der Waals surface area contributed by atoms with Crippen molar-refractivity contribution in [3.8, 4) is 0 Å².